The van der Waals surface area contributed by atoms with Gasteiger partial charge >= 0.3 is 17.9 Å². The Bertz CT molecular complexity index is 1400. The highest BCUT2D eigenvalue weighted by molar-refractivity contribution is 5.71. The number of allylic oxidation sites excluding steroid dienone is 14. The van der Waals surface area contributed by atoms with E-state index in [9.17, 15) is 14.4 Å². The second-order valence-electron chi connectivity index (χ2n) is 20.8. The molecule has 0 bridgehead atoms. The third-order valence-electron chi connectivity index (χ3n) is 13.5. The van der Waals surface area contributed by atoms with Crippen molar-refractivity contribution in [2.24, 2.45) is 0 Å². The molecule has 0 fully saturated rings. The molecule has 0 saturated carbocycles. The van der Waals surface area contributed by atoms with E-state index in [2.05, 4.69) is 81.5 Å². The summed E-state index contributed by atoms with van der Waals surface area (Å²) < 4.78 is 16.9. The molecule has 0 aromatic rings. The van der Waals surface area contributed by atoms with Gasteiger partial charge in [-0.1, -0.05) is 305 Å². The number of carbonyl (C=O) groups is 3. The minimum absolute atomic E-state index is 0.0857. The lowest BCUT2D eigenvalue weighted by Gasteiger charge is -2.18. The predicted octanol–water partition coefficient (Wildman–Crippen LogP) is 21.1. The number of esters is 3. The van der Waals surface area contributed by atoms with Crippen molar-refractivity contribution >= 4 is 17.9 Å². The normalized spacial score (nSPS) is 12.6. The predicted molar refractivity (Wildman–Crippen MR) is 316 cm³/mol. The van der Waals surface area contributed by atoms with Crippen molar-refractivity contribution in [3.63, 3.8) is 0 Å². The number of hydrogen-bond donors (Lipinski definition) is 0. The molecule has 6 nitrogen and oxygen atoms in total. The zero-order chi connectivity index (χ0) is 52.9. The van der Waals surface area contributed by atoms with Gasteiger partial charge in [-0.25, -0.2) is 0 Å². The molecule has 0 aromatic carbocycles. The van der Waals surface area contributed by atoms with Gasteiger partial charge in [0, 0.05) is 19.3 Å². The van der Waals surface area contributed by atoms with Gasteiger partial charge in [-0.2, -0.15) is 0 Å². The summed E-state index contributed by atoms with van der Waals surface area (Å²) in [4.78, 5) is 38.3. The largest absolute Gasteiger partial charge is 0.462 e. The molecule has 0 aliphatic heterocycles. The summed E-state index contributed by atoms with van der Waals surface area (Å²) in [7, 11) is 0. The Morgan fingerprint density at radius 2 is 0.521 bits per heavy atom. The van der Waals surface area contributed by atoms with Crippen LogP contribution in [0.15, 0.2) is 85.1 Å². The zero-order valence-electron chi connectivity index (χ0n) is 48.1. The minimum atomic E-state index is -0.792. The third kappa shape index (κ3) is 59.3. The van der Waals surface area contributed by atoms with Crippen molar-refractivity contribution in [1.29, 1.82) is 0 Å². The SMILES string of the molecule is CCC\C=C/C=C\C=C/C=C\C=C/CCCCCCCC(=O)OC(COC(=O)CCCCCCCCCCCC/C=C\C=C/CCCCC)COC(=O)CCCCCCCCCCCCCCCCCCCC. The molecular formula is C67H116O6. The Morgan fingerprint density at radius 3 is 0.863 bits per heavy atom. The van der Waals surface area contributed by atoms with Crippen molar-refractivity contribution < 1.29 is 28.6 Å². The number of ether oxygens (including phenoxy) is 3. The zero-order valence-corrected chi connectivity index (χ0v) is 48.1. The molecule has 0 saturated heterocycles. The average molecular weight is 1020 g/mol. The molecule has 0 radical (unpaired) electrons. The van der Waals surface area contributed by atoms with Crippen molar-refractivity contribution in [3.8, 4) is 0 Å². The van der Waals surface area contributed by atoms with E-state index in [0.717, 1.165) is 83.5 Å². The Hall–Kier alpha value is -3.41. The second kappa shape index (κ2) is 61.1. The van der Waals surface area contributed by atoms with Gasteiger partial charge in [0.1, 0.15) is 13.2 Å². The van der Waals surface area contributed by atoms with Crippen LogP contribution in [0.3, 0.4) is 0 Å². The quantitative estimate of drug-likeness (QED) is 0.0261. The van der Waals surface area contributed by atoms with Gasteiger partial charge in [-0.05, 0) is 64.2 Å². The molecule has 420 valence electrons. The number of hydrogen-bond acceptors (Lipinski definition) is 6. The van der Waals surface area contributed by atoms with Crippen molar-refractivity contribution in [1.82, 2.24) is 0 Å². The summed E-state index contributed by atoms with van der Waals surface area (Å²) in [6.07, 6.45) is 80.0. The lowest BCUT2D eigenvalue weighted by atomic mass is 10.0. The highest BCUT2D eigenvalue weighted by Gasteiger charge is 2.19. The van der Waals surface area contributed by atoms with E-state index in [1.54, 1.807) is 0 Å². The fourth-order valence-electron chi connectivity index (χ4n) is 8.82. The Kier molecular flexibility index (Phi) is 58.3. The molecule has 0 aromatic heterocycles. The van der Waals surface area contributed by atoms with E-state index in [1.807, 2.05) is 24.3 Å². The molecule has 6 heteroatoms. The lowest BCUT2D eigenvalue weighted by molar-refractivity contribution is -0.167. The fourth-order valence-corrected chi connectivity index (χ4v) is 8.82. The smallest absolute Gasteiger partial charge is 0.306 e. The number of unbranched alkanes of at least 4 members (excludes halogenated alkanes) is 36. The maximum absolute atomic E-state index is 12.9. The first kappa shape index (κ1) is 69.6. The summed E-state index contributed by atoms with van der Waals surface area (Å²) in [5, 5.41) is 0. The number of rotatable bonds is 56. The monoisotopic (exact) mass is 1020 g/mol. The minimum Gasteiger partial charge on any atom is -0.462 e. The summed E-state index contributed by atoms with van der Waals surface area (Å²) >= 11 is 0. The summed E-state index contributed by atoms with van der Waals surface area (Å²) in [5.74, 6) is -0.901. The molecule has 0 rings (SSSR count). The van der Waals surface area contributed by atoms with Gasteiger partial charge in [0.2, 0.25) is 0 Å². The van der Waals surface area contributed by atoms with E-state index >= 15 is 0 Å². The van der Waals surface area contributed by atoms with Gasteiger partial charge in [0.05, 0.1) is 0 Å². The molecule has 0 heterocycles. The molecule has 0 N–H and O–H groups in total. The maximum Gasteiger partial charge on any atom is 0.306 e. The molecule has 1 unspecified atom stereocenters. The van der Waals surface area contributed by atoms with Gasteiger partial charge in [0.15, 0.2) is 6.10 Å². The van der Waals surface area contributed by atoms with Gasteiger partial charge in [-0.3, -0.25) is 14.4 Å². The average Bonchev–Trinajstić information content (AvgIpc) is 3.39. The lowest BCUT2D eigenvalue weighted by Crippen LogP contribution is -2.30. The van der Waals surface area contributed by atoms with Crippen LogP contribution in [0, 0.1) is 0 Å². The van der Waals surface area contributed by atoms with Crippen molar-refractivity contribution in [2.45, 2.75) is 309 Å². The van der Waals surface area contributed by atoms with Gasteiger partial charge in [0.25, 0.3) is 0 Å². The standard InChI is InChI=1S/C67H116O6/c1-4-7-10-13-16-19-22-25-28-31-34-37-39-42-45-48-51-54-57-60-66(69)72-63-64(73-67(70)61-58-55-52-49-46-43-40-36-33-30-27-24-21-18-15-12-9-6-3)62-71-65(68)59-56-53-50-47-44-41-38-35-32-29-26-23-20-17-14-11-8-5-2/h12,15-16,18-19,21-22,24-25,27,30,33,36,40,64H,4-11,13-14,17,20,23,26,28-29,31-32,34-35,37-39,41-63H2,1-3H3/b15-12-,19-16-,21-18-,25-22-,27-24-,33-30-,40-36-. The Morgan fingerprint density at radius 1 is 0.274 bits per heavy atom. The number of carbonyl (C=O) groups excluding carboxylic acids is 3. The van der Waals surface area contributed by atoms with Crippen LogP contribution in [0.1, 0.15) is 303 Å². The Labute approximate surface area is 452 Å². The Balaban J connectivity index is 4.42. The van der Waals surface area contributed by atoms with Crippen LogP contribution in [0.5, 0.6) is 0 Å². The topological polar surface area (TPSA) is 78.9 Å². The summed E-state index contributed by atoms with van der Waals surface area (Å²) in [6, 6.07) is 0. The van der Waals surface area contributed by atoms with E-state index in [4.69, 9.17) is 14.2 Å². The summed E-state index contributed by atoms with van der Waals surface area (Å²) in [5.41, 5.74) is 0. The molecular weight excluding hydrogens is 901 g/mol. The van der Waals surface area contributed by atoms with Crippen LogP contribution in [-0.4, -0.2) is 37.2 Å². The van der Waals surface area contributed by atoms with E-state index in [0.29, 0.717) is 19.3 Å². The van der Waals surface area contributed by atoms with Gasteiger partial charge in [-0.15, -0.1) is 0 Å². The van der Waals surface area contributed by atoms with Crippen LogP contribution < -0.4 is 0 Å². The van der Waals surface area contributed by atoms with Crippen LogP contribution in [0.25, 0.3) is 0 Å². The molecule has 1 atom stereocenters. The molecule has 0 aliphatic carbocycles. The molecule has 73 heavy (non-hydrogen) atoms. The second-order valence-corrected chi connectivity index (χ2v) is 20.8. The highest BCUT2D eigenvalue weighted by Crippen LogP contribution is 2.17. The fraction of sp³-hybridized carbons (Fsp3) is 0.746. The first-order chi connectivity index (χ1) is 36.0. The maximum atomic E-state index is 12.9. The van der Waals surface area contributed by atoms with Crippen molar-refractivity contribution in [2.75, 3.05) is 13.2 Å². The molecule has 0 spiro atoms. The van der Waals surface area contributed by atoms with Crippen molar-refractivity contribution in [3.05, 3.63) is 85.1 Å². The van der Waals surface area contributed by atoms with E-state index in [-0.39, 0.29) is 31.1 Å². The van der Waals surface area contributed by atoms with Crippen LogP contribution >= 0.6 is 0 Å². The summed E-state index contributed by atoms with van der Waals surface area (Å²) in [6.45, 7) is 6.54. The van der Waals surface area contributed by atoms with E-state index in [1.165, 1.54) is 180 Å². The van der Waals surface area contributed by atoms with Crippen LogP contribution in [0.4, 0.5) is 0 Å². The first-order valence-corrected chi connectivity index (χ1v) is 31.2. The van der Waals surface area contributed by atoms with Crippen LogP contribution in [-0.2, 0) is 28.6 Å². The highest BCUT2D eigenvalue weighted by atomic mass is 16.6. The van der Waals surface area contributed by atoms with Gasteiger partial charge < -0.3 is 14.2 Å². The first-order valence-electron chi connectivity index (χ1n) is 31.2. The van der Waals surface area contributed by atoms with E-state index < -0.39 is 6.10 Å². The third-order valence-corrected chi connectivity index (χ3v) is 13.5. The molecule has 0 aliphatic rings. The van der Waals surface area contributed by atoms with Crippen LogP contribution in [0.2, 0.25) is 0 Å². The molecule has 0 amide bonds.